The topological polar surface area (TPSA) is 116 Å². The lowest BCUT2D eigenvalue weighted by Crippen LogP contribution is -2.49. The Labute approximate surface area is 243 Å². The lowest BCUT2D eigenvalue weighted by atomic mass is 9.97. The van der Waals surface area contributed by atoms with Crippen molar-refractivity contribution < 1.29 is 32.2 Å². The van der Waals surface area contributed by atoms with Crippen LogP contribution in [0, 0.1) is 5.82 Å². The highest BCUT2D eigenvalue weighted by molar-refractivity contribution is 7.87. The second-order valence-electron chi connectivity index (χ2n) is 10.2. The summed E-state index contributed by atoms with van der Waals surface area (Å²) >= 11 is 12.2. The van der Waals surface area contributed by atoms with E-state index >= 15 is 4.39 Å². The zero-order valence-electron chi connectivity index (χ0n) is 22.0. The molecule has 13 heteroatoms. The largest absolute Gasteiger partial charge is 0.489 e. The second-order valence-corrected chi connectivity index (χ2v) is 12.8. The number of hydrogen-bond donors (Lipinski definition) is 2. The number of hydrogen-bond acceptors (Lipinski definition) is 6. The molecule has 2 saturated heterocycles. The van der Waals surface area contributed by atoms with Gasteiger partial charge in [0.25, 0.3) is 11.9 Å². The van der Waals surface area contributed by atoms with E-state index < -0.39 is 27.9 Å². The molecule has 3 aliphatic rings. The van der Waals surface area contributed by atoms with Crippen LogP contribution in [0.4, 0.5) is 4.39 Å². The molecule has 0 spiro atoms. The molecule has 0 bridgehead atoms. The highest BCUT2D eigenvalue weighted by Crippen LogP contribution is 2.43. The fourth-order valence-corrected chi connectivity index (χ4v) is 6.48. The van der Waals surface area contributed by atoms with Crippen LogP contribution in [-0.2, 0) is 21.5 Å². The summed E-state index contributed by atoms with van der Waals surface area (Å²) in [6, 6.07) is 8.05. The van der Waals surface area contributed by atoms with E-state index in [-0.39, 0.29) is 17.6 Å². The Balaban J connectivity index is 0.000000867. The summed E-state index contributed by atoms with van der Waals surface area (Å²) in [5.41, 5.74) is 1.50. The van der Waals surface area contributed by atoms with E-state index in [1.165, 1.54) is 16.4 Å². The Morgan fingerprint density at radius 3 is 2.27 bits per heavy atom. The molecule has 0 radical (unpaired) electrons. The number of piperidine rings is 1. The third-order valence-electron chi connectivity index (χ3n) is 6.86. The average Bonchev–Trinajstić information content (AvgIpc) is 3.61. The number of carbonyl (C=O) groups excluding carboxylic acids is 1. The molecule has 0 unspecified atom stereocenters. The molecule has 2 aliphatic heterocycles. The molecule has 218 valence electrons. The van der Waals surface area contributed by atoms with Crippen LogP contribution in [0.3, 0.4) is 0 Å². The van der Waals surface area contributed by atoms with Crippen molar-refractivity contribution in [2.45, 2.75) is 57.6 Å². The number of nitrogens with zero attached hydrogens (tertiary/aromatic N) is 2. The first-order valence-corrected chi connectivity index (χ1v) is 15.3. The van der Waals surface area contributed by atoms with Gasteiger partial charge < -0.3 is 9.84 Å². The van der Waals surface area contributed by atoms with Gasteiger partial charge in [-0.1, -0.05) is 23.2 Å². The minimum atomic E-state index is -3.95. The van der Waals surface area contributed by atoms with Crippen LogP contribution in [0.2, 0.25) is 10.0 Å². The molecule has 2 aromatic rings. The summed E-state index contributed by atoms with van der Waals surface area (Å²) in [6.07, 6.45) is 4.43. The van der Waals surface area contributed by atoms with Gasteiger partial charge in [-0.3, -0.25) is 14.5 Å². The minimum absolute atomic E-state index is 0.0562. The number of benzene rings is 2. The number of ether oxygens (including phenoxy) is 1. The summed E-state index contributed by atoms with van der Waals surface area (Å²) in [7, 11) is -3.95. The summed E-state index contributed by atoms with van der Waals surface area (Å²) < 4.78 is 49.0. The molecule has 1 amide bonds. The molecule has 2 N–H and O–H groups in total. The number of carboxylic acid groups (broad SMARTS) is 1. The molecule has 0 aromatic heterocycles. The predicted molar refractivity (Wildman–Crippen MR) is 150 cm³/mol. The zero-order chi connectivity index (χ0) is 29.0. The summed E-state index contributed by atoms with van der Waals surface area (Å²) in [6.45, 7) is 3.84. The number of likely N-dealkylation sites (tertiary alicyclic amines) is 1. The third kappa shape index (κ3) is 8.29. The van der Waals surface area contributed by atoms with Crippen molar-refractivity contribution in [1.82, 2.24) is 13.9 Å². The van der Waals surface area contributed by atoms with Crippen LogP contribution in [0.25, 0.3) is 0 Å². The fraction of sp³-hybridized carbons (Fsp3) is 0.481. The van der Waals surface area contributed by atoms with Crippen LogP contribution < -0.4 is 9.46 Å². The van der Waals surface area contributed by atoms with Crippen molar-refractivity contribution in [3.8, 4) is 5.75 Å². The molecule has 2 aromatic carbocycles. The number of rotatable bonds is 8. The van der Waals surface area contributed by atoms with E-state index in [1.54, 1.807) is 18.2 Å². The minimum Gasteiger partial charge on any atom is -0.489 e. The molecule has 40 heavy (non-hydrogen) atoms. The standard InChI is InChI=1S/C25H28Cl2FN3O4S.C2H4O2/c26-18-10-19(27)12-21(11-18)35-20-3-1-6-30(15-20)14-17-9-24(28)23(13-22(17)16-4-5-16)25(32)29-36(33,34)31-7-2-8-31;1-2(3)4/h9-13,16,20H,1-8,14-15H2,(H,29,32);1H3,(H,3,4)/t20-;/m0./s1. The van der Waals surface area contributed by atoms with Gasteiger partial charge in [0.2, 0.25) is 0 Å². The Bertz CT molecular complexity index is 1340. The monoisotopic (exact) mass is 615 g/mol. The maximum absolute atomic E-state index is 15.1. The summed E-state index contributed by atoms with van der Waals surface area (Å²) in [4.78, 5) is 23.9. The number of aliphatic carboxylic acids is 1. The zero-order valence-corrected chi connectivity index (χ0v) is 24.4. The molecule has 1 aliphatic carbocycles. The van der Waals surface area contributed by atoms with Gasteiger partial charge in [0.05, 0.1) is 5.56 Å². The van der Waals surface area contributed by atoms with E-state index in [0.29, 0.717) is 42.0 Å². The van der Waals surface area contributed by atoms with E-state index in [4.69, 9.17) is 37.8 Å². The lowest BCUT2D eigenvalue weighted by Gasteiger charge is -2.33. The van der Waals surface area contributed by atoms with Gasteiger partial charge in [-0.15, -0.1) is 0 Å². The summed E-state index contributed by atoms with van der Waals surface area (Å²) in [5, 5.41) is 8.44. The first-order chi connectivity index (χ1) is 18.9. The molecule has 3 fully saturated rings. The lowest BCUT2D eigenvalue weighted by molar-refractivity contribution is -0.134. The van der Waals surface area contributed by atoms with Gasteiger partial charge in [0.1, 0.15) is 17.7 Å². The van der Waals surface area contributed by atoms with Gasteiger partial charge in [0.15, 0.2) is 0 Å². The van der Waals surface area contributed by atoms with Crippen molar-refractivity contribution in [3.05, 3.63) is 62.9 Å². The van der Waals surface area contributed by atoms with E-state index in [9.17, 15) is 13.2 Å². The van der Waals surface area contributed by atoms with Gasteiger partial charge in [0, 0.05) is 43.1 Å². The number of carboxylic acids is 1. The molecule has 1 saturated carbocycles. The highest BCUT2D eigenvalue weighted by Gasteiger charge is 2.33. The average molecular weight is 617 g/mol. The second kappa shape index (κ2) is 13.0. The van der Waals surface area contributed by atoms with E-state index in [0.717, 1.165) is 56.7 Å². The highest BCUT2D eigenvalue weighted by atomic mass is 35.5. The van der Waals surface area contributed by atoms with Crippen molar-refractivity contribution in [2.75, 3.05) is 26.2 Å². The molecule has 2 heterocycles. The Morgan fingerprint density at radius 1 is 1.05 bits per heavy atom. The van der Waals surface area contributed by atoms with E-state index in [1.807, 2.05) is 4.72 Å². The molecule has 1 atom stereocenters. The third-order valence-corrected chi connectivity index (χ3v) is 8.79. The van der Waals surface area contributed by atoms with Crippen molar-refractivity contribution >= 4 is 45.3 Å². The SMILES string of the molecule is CC(=O)O.O=C(NS(=O)(=O)N1CCC1)c1cc(C2CC2)c(CN2CCC[C@H](Oc3cc(Cl)cc(Cl)c3)C2)cc1F. The van der Waals surface area contributed by atoms with Crippen molar-refractivity contribution in [2.24, 2.45) is 0 Å². The number of nitrogens with one attached hydrogen (secondary N) is 1. The van der Waals surface area contributed by atoms with Crippen LogP contribution >= 0.6 is 23.2 Å². The van der Waals surface area contributed by atoms with Crippen molar-refractivity contribution in [1.29, 1.82) is 0 Å². The van der Waals surface area contributed by atoms with Crippen molar-refractivity contribution in [3.63, 3.8) is 0 Å². The maximum Gasteiger partial charge on any atom is 0.304 e. The van der Waals surface area contributed by atoms with Crippen LogP contribution in [0.15, 0.2) is 30.3 Å². The van der Waals surface area contributed by atoms with Gasteiger partial charge in [-0.25, -0.2) is 9.11 Å². The predicted octanol–water partition coefficient (Wildman–Crippen LogP) is 4.82. The van der Waals surface area contributed by atoms with E-state index in [2.05, 4.69) is 4.90 Å². The number of carbonyl (C=O) groups is 2. The number of amides is 1. The molecule has 5 rings (SSSR count). The molecule has 9 nitrogen and oxygen atoms in total. The fourth-order valence-electron chi connectivity index (χ4n) is 4.76. The first kappa shape index (κ1) is 30.5. The van der Waals surface area contributed by atoms with Gasteiger partial charge in [-0.2, -0.15) is 12.7 Å². The van der Waals surface area contributed by atoms with Gasteiger partial charge >= 0.3 is 10.2 Å². The number of halogens is 3. The van der Waals surface area contributed by atoms with Gasteiger partial charge in [-0.05, 0) is 86.0 Å². The normalized spacial score (nSPS) is 19.6. The Kier molecular flexibility index (Phi) is 9.94. The molecular formula is C27H32Cl2FN3O6S. The van der Waals surface area contributed by atoms with Crippen LogP contribution in [-0.4, -0.2) is 66.9 Å². The maximum atomic E-state index is 15.1. The first-order valence-electron chi connectivity index (χ1n) is 13.1. The summed E-state index contributed by atoms with van der Waals surface area (Å²) in [5.74, 6) is -1.61. The Morgan fingerprint density at radius 2 is 1.70 bits per heavy atom. The Hall–Kier alpha value is -2.44. The molecular weight excluding hydrogens is 584 g/mol. The van der Waals surface area contributed by atoms with Crippen LogP contribution in [0.5, 0.6) is 5.75 Å². The van der Waals surface area contributed by atoms with Crippen LogP contribution in [0.1, 0.15) is 66.4 Å². The smallest absolute Gasteiger partial charge is 0.304 e. The quantitative estimate of drug-likeness (QED) is 0.437.